The number of hydrogen-bond acceptors (Lipinski definition) is 4. The predicted octanol–water partition coefficient (Wildman–Crippen LogP) is 3.48. The van der Waals surface area contributed by atoms with Gasteiger partial charge in [0.2, 0.25) is 0 Å². The smallest absolute Gasteiger partial charge is 0.194 e. The van der Waals surface area contributed by atoms with Crippen LogP contribution >= 0.6 is 0 Å². The molecule has 1 aromatic carbocycles. The maximum Gasteiger partial charge on any atom is 0.194 e. The first-order valence-electron chi connectivity index (χ1n) is 7.04. The Morgan fingerprint density at radius 1 is 1.00 bits per heavy atom. The van der Waals surface area contributed by atoms with Crippen LogP contribution in [0.1, 0.15) is 63.0 Å². The van der Waals surface area contributed by atoms with Crippen LogP contribution in [0.25, 0.3) is 0 Å². The van der Waals surface area contributed by atoms with Gasteiger partial charge in [0, 0.05) is 27.8 Å². The number of aromatic hydroxyl groups is 1. The molecule has 0 aliphatic heterocycles. The van der Waals surface area contributed by atoms with Crippen molar-refractivity contribution >= 4 is 17.3 Å². The van der Waals surface area contributed by atoms with Gasteiger partial charge in [0.25, 0.3) is 0 Å². The minimum atomic E-state index is -0.331. The van der Waals surface area contributed by atoms with Crippen molar-refractivity contribution in [3.63, 3.8) is 0 Å². The molecule has 0 bridgehead atoms. The lowest BCUT2D eigenvalue weighted by Crippen LogP contribution is -2.24. The monoisotopic (exact) mass is 298 g/mol. The van der Waals surface area contributed by atoms with Gasteiger partial charge in [-0.05, 0) is 40.2 Å². The number of Topliss-reactive ketones (excluding diaryl/α,β-unsaturated/α-hetero) is 3. The van der Waals surface area contributed by atoms with E-state index in [-0.39, 0.29) is 45.4 Å². The topological polar surface area (TPSA) is 71.4 Å². The lowest BCUT2D eigenvalue weighted by atomic mass is 9.78. The molecular formula is C18H18O4. The molecule has 0 atom stereocenters. The highest BCUT2D eigenvalue weighted by Crippen LogP contribution is 2.38. The molecule has 1 aliphatic carbocycles. The first kappa shape index (κ1) is 15.9. The number of allylic oxidation sites excluding steroid dienone is 4. The molecular weight excluding hydrogens is 280 g/mol. The summed E-state index contributed by atoms with van der Waals surface area (Å²) >= 11 is 0. The molecule has 114 valence electrons. The summed E-state index contributed by atoms with van der Waals surface area (Å²) in [7, 11) is 0. The fourth-order valence-electron chi connectivity index (χ4n) is 2.96. The number of carbonyl (C=O) groups excluding carboxylic acids is 3. The molecule has 22 heavy (non-hydrogen) atoms. The summed E-state index contributed by atoms with van der Waals surface area (Å²) in [5.41, 5.74) is 1.87. The summed E-state index contributed by atoms with van der Waals surface area (Å²) in [6, 6.07) is 0. The van der Waals surface area contributed by atoms with Crippen LogP contribution in [-0.2, 0) is 0 Å². The Hall–Kier alpha value is -2.49. The van der Waals surface area contributed by atoms with Gasteiger partial charge in [0.05, 0.1) is 5.56 Å². The van der Waals surface area contributed by atoms with E-state index in [2.05, 4.69) is 0 Å². The Morgan fingerprint density at radius 2 is 1.55 bits per heavy atom. The van der Waals surface area contributed by atoms with Crippen LogP contribution in [0.3, 0.4) is 0 Å². The maximum absolute atomic E-state index is 12.7. The molecule has 1 N–H and O–H groups in total. The standard InChI is InChI=1S/C18H18O4/c1-6-7-12-8(2)16(20)14-9(3)13(11(5)19)17(21)10(4)15(14)18(12)22/h6-7,21H,1-5H3/b7-6+. The Kier molecular flexibility index (Phi) is 3.88. The van der Waals surface area contributed by atoms with Crippen LogP contribution < -0.4 is 0 Å². The lowest BCUT2D eigenvalue weighted by Gasteiger charge is -2.23. The van der Waals surface area contributed by atoms with Crippen LogP contribution in [0.4, 0.5) is 0 Å². The number of benzene rings is 1. The molecule has 2 rings (SSSR count). The van der Waals surface area contributed by atoms with Crippen LogP contribution in [-0.4, -0.2) is 22.5 Å². The highest BCUT2D eigenvalue weighted by Gasteiger charge is 2.35. The van der Waals surface area contributed by atoms with Crippen LogP contribution in [0, 0.1) is 13.8 Å². The Morgan fingerprint density at radius 3 is 2.05 bits per heavy atom. The summed E-state index contributed by atoms with van der Waals surface area (Å²) < 4.78 is 0. The molecule has 0 radical (unpaired) electrons. The van der Waals surface area contributed by atoms with Crippen LogP contribution in [0.2, 0.25) is 0 Å². The van der Waals surface area contributed by atoms with Crippen molar-refractivity contribution in [2.24, 2.45) is 0 Å². The largest absolute Gasteiger partial charge is 0.507 e. The Bertz CT molecular complexity index is 792. The van der Waals surface area contributed by atoms with Crippen LogP contribution in [0.5, 0.6) is 5.75 Å². The zero-order valence-corrected chi connectivity index (χ0v) is 13.3. The summed E-state index contributed by atoms with van der Waals surface area (Å²) in [6.07, 6.45) is 3.30. The van der Waals surface area contributed by atoms with Gasteiger partial charge in [0.1, 0.15) is 5.75 Å². The van der Waals surface area contributed by atoms with E-state index in [9.17, 15) is 19.5 Å². The SMILES string of the molecule is C/C=C/C1=C(C)C(=O)c2c(C)c(C(C)=O)c(O)c(C)c2C1=O. The summed E-state index contributed by atoms with van der Waals surface area (Å²) in [6.45, 7) is 7.85. The molecule has 4 nitrogen and oxygen atoms in total. The molecule has 0 saturated heterocycles. The van der Waals surface area contributed by atoms with E-state index in [1.54, 1.807) is 39.8 Å². The van der Waals surface area contributed by atoms with E-state index in [0.717, 1.165) is 0 Å². The van der Waals surface area contributed by atoms with Gasteiger partial charge in [-0.2, -0.15) is 0 Å². The van der Waals surface area contributed by atoms with E-state index < -0.39 is 0 Å². The van der Waals surface area contributed by atoms with Crippen molar-refractivity contribution in [1.82, 2.24) is 0 Å². The molecule has 0 spiro atoms. The van der Waals surface area contributed by atoms with Crippen molar-refractivity contribution in [2.75, 3.05) is 0 Å². The third kappa shape index (κ3) is 2.03. The first-order valence-corrected chi connectivity index (χ1v) is 7.04. The maximum atomic E-state index is 12.7. The fourth-order valence-corrected chi connectivity index (χ4v) is 2.96. The van der Waals surface area contributed by atoms with E-state index in [0.29, 0.717) is 16.7 Å². The predicted molar refractivity (Wildman–Crippen MR) is 83.8 cm³/mol. The third-order valence-electron chi connectivity index (χ3n) is 4.10. The average Bonchev–Trinajstić information content (AvgIpc) is 2.44. The van der Waals surface area contributed by atoms with Gasteiger partial charge < -0.3 is 5.11 Å². The fraction of sp³-hybridized carbons (Fsp3) is 0.278. The minimum Gasteiger partial charge on any atom is -0.507 e. The second-order valence-corrected chi connectivity index (χ2v) is 5.48. The average molecular weight is 298 g/mol. The highest BCUT2D eigenvalue weighted by molar-refractivity contribution is 6.29. The molecule has 0 fully saturated rings. The normalized spacial score (nSPS) is 14.8. The van der Waals surface area contributed by atoms with Crippen molar-refractivity contribution in [3.8, 4) is 5.75 Å². The second-order valence-electron chi connectivity index (χ2n) is 5.48. The summed E-state index contributed by atoms with van der Waals surface area (Å²) in [5.74, 6) is -1.12. The lowest BCUT2D eigenvalue weighted by molar-refractivity contribution is 0.0974. The second kappa shape index (κ2) is 5.37. The number of phenols is 1. The number of hydrogen-bond donors (Lipinski definition) is 1. The number of ketones is 3. The van der Waals surface area contributed by atoms with Gasteiger partial charge >= 0.3 is 0 Å². The number of fused-ring (bicyclic) bond motifs is 1. The first-order chi connectivity index (χ1) is 10.2. The van der Waals surface area contributed by atoms with Crippen molar-refractivity contribution in [1.29, 1.82) is 0 Å². The molecule has 0 aromatic heterocycles. The number of rotatable bonds is 2. The third-order valence-corrected chi connectivity index (χ3v) is 4.10. The van der Waals surface area contributed by atoms with Gasteiger partial charge in [-0.15, -0.1) is 0 Å². The molecule has 0 heterocycles. The zero-order valence-electron chi connectivity index (χ0n) is 13.3. The summed E-state index contributed by atoms with van der Waals surface area (Å²) in [5, 5.41) is 10.3. The van der Waals surface area contributed by atoms with Crippen LogP contribution in [0.15, 0.2) is 23.3 Å². The van der Waals surface area contributed by atoms with Gasteiger partial charge in [-0.25, -0.2) is 0 Å². The number of carbonyl (C=O) groups is 3. The zero-order chi connectivity index (χ0) is 16.8. The molecule has 0 unspecified atom stereocenters. The minimum absolute atomic E-state index is 0.111. The quantitative estimate of drug-likeness (QED) is 0.848. The van der Waals surface area contributed by atoms with Crippen molar-refractivity contribution in [3.05, 3.63) is 51.1 Å². The Balaban J connectivity index is 2.95. The molecule has 1 aliphatic rings. The van der Waals surface area contributed by atoms with E-state index in [4.69, 9.17) is 0 Å². The van der Waals surface area contributed by atoms with Gasteiger partial charge in [0.15, 0.2) is 17.3 Å². The van der Waals surface area contributed by atoms with Gasteiger partial charge in [-0.1, -0.05) is 12.2 Å². The van der Waals surface area contributed by atoms with E-state index in [1.807, 2.05) is 0 Å². The molecule has 0 saturated carbocycles. The van der Waals surface area contributed by atoms with E-state index in [1.165, 1.54) is 6.92 Å². The molecule has 4 heteroatoms. The van der Waals surface area contributed by atoms with E-state index >= 15 is 0 Å². The molecule has 1 aromatic rings. The number of phenolic OH excluding ortho intramolecular Hbond substituents is 1. The highest BCUT2D eigenvalue weighted by atomic mass is 16.3. The molecule has 0 amide bonds. The van der Waals surface area contributed by atoms with Crippen molar-refractivity contribution in [2.45, 2.75) is 34.6 Å². The summed E-state index contributed by atoms with van der Waals surface area (Å²) in [4.78, 5) is 37.2. The van der Waals surface area contributed by atoms with Gasteiger partial charge in [-0.3, -0.25) is 14.4 Å². The van der Waals surface area contributed by atoms with Crippen molar-refractivity contribution < 1.29 is 19.5 Å². The Labute approximate surface area is 129 Å².